The normalized spacial score (nSPS) is 14.7. The number of esters is 3. The van der Waals surface area contributed by atoms with Crippen molar-refractivity contribution in [3.63, 3.8) is 0 Å². The molecule has 0 N–H and O–H groups in total. The number of carbonyl (C=O) groups excluding carboxylic acids is 3. The highest BCUT2D eigenvalue weighted by Gasteiger charge is 2.33. The van der Waals surface area contributed by atoms with Crippen LogP contribution in [0.2, 0.25) is 39.3 Å². The van der Waals surface area contributed by atoms with Gasteiger partial charge in [-0.25, -0.2) is 29.3 Å². The van der Waals surface area contributed by atoms with Gasteiger partial charge in [-0.2, -0.15) is 0 Å². The van der Waals surface area contributed by atoms with Gasteiger partial charge < -0.3 is 14.2 Å². The van der Waals surface area contributed by atoms with E-state index >= 15 is 0 Å². The second kappa shape index (κ2) is 29.5. The number of benzene rings is 6. The summed E-state index contributed by atoms with van der Waals surface area (Å²) in [6.45, 7) is 25.3. The smallest absolute Gasteiger partial charge is 0.358 e. The summed E-state index contributed by atoms with van der Waals surface area (Å²) in [5, 5.41) is 0. The molecule has 470 valence electrons. The molecule has 0 aliphatic carbocycles. The first kappa shape index (κ1) is 67.4. The Bertz CT molecular complexity index is 4510. The van der Waals surface area contributed by atoms with Gasteiger partial charge in [0.1, 0.15) is 35.1 Å². The Morgan fingerprint density at radius 3 is 1.12 bits per heavy atom. The molecule has 3 atom stereocenters. The molecule has 3 aliphatic rings. The molecular formula is C75H74BrN9O6Si2. The number of imidazole rings is 3. The Morgan fingerprint density at radius 1 is 0.473 bits per heavy atom. The highest BCUT2D eigenvalue weighted by Crippen LogP contribution is 2.37. The maximum absolute atomic E-state index is 12.6. The summed E-state index contributed by atoms with van der Waals surface area (Å²) in [5.41, 5.74) is 22.2. The first-order valence-corrected chi connectivity index (χ1v) is 38.6. The molecule has 18 heteroatoms. The van der Waals surface area contributed by atoms with Gasteiger partial charge >= 0.3 is 17.9 Å². The van der Waals surface area contributed by atoms with Gasteiger partial charge in [-0.05, 0) is 96.1 Å². The Balaban J connectivity index is 0.000000158. The first-order valence-electron chi connectivity index (χ1n) is 30.8. The molecule has 0 saturated carbocycles. The Labute approximate surface area is 555 Å². The highest BCUT2D eigenvalue weighted by molar-refractivity contribution is 9.10. The van der Waals surface area contributed by atoms with Crippen molar-refractivity contribution >= 4 is 67.1 Å². The third-order valence-electron chi connectivity index (χ3n) is 14.8. The zero-order valence-corrected chi connectivity index (χ0v) is 58.0. The van der Waals surface area contributed by atoms with Crippen LogP contribution in [0.1, 0.15) is 153 Å². The van der Waals surface area contributed by atoms with Crippen LogP contribution >= 0.6 is 15.9 Å². The minimum Gasteiger partial charge on any atom is -0.461 e. The van der Waals surface area contributed by atoms with Crippen molar-refractivity contribution in [1.82, 2.24) is 28.7 Å². The third kappa shape index (κ3) is 15.5. The summed E-state index contributed by atoms with van der Waals surface area (Å²) in [7, 11) is -2.61. The van der Waals surface area contributed by atoms with E-state index in [1.165, 1.54) is 0 Å². The minimum atomic E-state index is -1.51. The predicted octanol–water partition coefficient (Wildman–Crippen LogP) is 15.4. The number of nitrogens with zero attached hydrogens (tertiary/aromatic N) is 9. The van der Waals surface area contributed by atoms with Crippen molar-refractivity contribution < 1.29 is 28.6 Å². The molecule has 3 aliphatic heterocycles. The largest absolute Gasteiger partial charge is 0.461 e. The van der Waals surface area contributed by atoms with Crippen molar-refractivity contribution in [1.29, 1.82) is 0 Å². The van der Waals surface area contributed by atoms with Gasteiger partial charge in [0.05, 0.1) is 89.2 Å². The number of terminal acetylenes is 2. The van der Waals surface area contributed by atoms with Gasteiger partial charge in [0.2, 0.25) is 0 Å². The number of hydrogen-bond donors (Lipinski definition) is 0. The molecular weight excluding hydrogens is 1260 g/mol. The fraction of sp³-hybridized carbons (Fsp3) is 0.240. The number of ether oxygens (including phenoxy) is 3. The van der Waals surface area contributed by atoms with Crippen LogP contribution in [-0.2, 0) is 14.2 Å². The lowest BCUT2D eigenvalue weighted by Crippen LogP contribution is -2.16. The quantitative estimate of drug-likeness (QED) is 0.0591. The van der Waals surface area contributed by atoms with E-state index < -0.39 is 34.1 Å². The molecule has 0 radical (unpaired) electrons. The lowest BCUT2D eigenvalue weighted by molar-refractivity contribution is 0.0508. The molecule has 0 amide bonds. The molecule has 9 aromatic rings. The van der Waals surface area contributed by atoms with Crippen LogP contribution in [0.4, 0.5) is 0 Å². The Kier molecular flexibility index (Phi) is 21.4. The maximum atomic E-state index is 12.6. The number of hydrogen-bond acceptors (Lipinski definition) is 12. The molecule has 0 fully saturated rings. The monoisotopic (exact) mass is 1330 g/mol. The molecule has 6 aromatic carbocycles. The van der Waals surface area contributed by atoms with Crippen LogP contribution in [0.25, 0.3) is 17.1 Å². The third-order valence-corrected chi connectivity index (χ3v) is 17.0. The lowest BCUT2D eigenvalue weighted by Gasteiger charge is -2.13. The van der Waals surface area contributed by atoms with Crippen LogP contribution in [-0.4, -0.2) is 99.7 Å². The van der Waals surface area contributed by atoms with Crippen LogP contribution in [0, 0.1) is 35.8 Å². The van der Waals surface area contributed by atoms with Gasteiger partial charge in [-0.1, -0.05) is 158 Å². The van der Waals surface area contributed by atoms with Crippen LogP contribution in [0.3, 0.4) is 0 Å². The Hall–Kier alpha value is -10.0. The maximum Gasteiger partial charge on any atom is 0.358 e. The van der Waals surface area contributed by atoms with E-state index in [0.29, 0.717) is 42.6 Å². The van der Waals surface area contributed by atoms with Crippen molar-refractivity contribution in [3.05, 3.63) is 248 Å². The summed E-state index contributed by atoms with van der Waals surface area (Å²) in [5.74, 6) is 4.76. The van der Waals surface area contributed by atoms with Gasteiger partial charge in [-0.3, -0.25) is 28.7 Å². The average Bonchev–Trinajstić information content (AvgIpc) is 1.64. The molecule has 6 heterocycles. The molecule has 0 bridgehead atoms. The zero-order valence-electron chi connectivity index (χ0n) is 54.4. The molecule has 15 nitrogen and oxygen atoms in total. The van der Waals surface area contributed by atoms with Crippen LogP contribution < -0.4 is 0 Å². The molecule has 0 unspecified atom stereocenters. The zero-order chi connectivity index (χ0) is 66.7. The topological polar surface area (TPSA) is 169 Å². The average molecular weight is 1330 g/mol. The van der Waals surface area contributed by atoms with E-state index in [2.05, 4.69) is 111 Å². The van der Waals surface area contributed by atoms with Crippen LogP contribution in [0.15, 0.2) is 184 Å². The summed E-state index contributed by atoms with van der Waals surface area (Å²) >= 11 is 3.57. The van der Waals surface area contributed by atoms with E-state index in [1.807, 2.05) is 162 Å². The Morgan fingerprint density at radius 2 is 0.796 bits per heavy atom. The first-order chi connectivity index (χ1) is 44.6. The highest BCUT2D eigenvalue weighted by atomic mass is 79.9. The van der Waals surface area contributed by atoms with E-state index in [-0.39, 0.29) is 18.1 Å². The summed E-state index contributed by atoms with van der Waals surface area (Å²) in [4.78, 5) is 65.4. The van der Waals surface area contributed by atoms with Crippen LogP contribution in [0.5, 0.6) is 0 Å². The molecule has 0 spiro atoms. The summed E-state index contributed by atoms with van der Waals surface area (Å²) < 4.78 is 22.4. The number of aromatic nitrogens is 6. The lowest BCUT2D eigenvalue weighted by atomic mass is 9.98. The molecule has 12 rings (SSSR count). The van der Waals surface area contributed by atoms with E-state index in [1.54, 1.807) is 39.8 Å². The SMILES string of the molecule is C#C[Si](C)(C)C.C#Cc1ccc2c(c1)C(c1ccccc1)=N[C@@H](C)c1c(C(=O)OCC)ncn1-2.CCOC(=O)c1ncn2c1[C@H](C)N=C(c1ccccc1)c1cc(Br)ccc1-2.CCOC(=O)c1ncn2c1[C@H](C)N=C(c1ccccc1)c1cc(C#C[Si](C)(C)C)ccc1-2. The summed E-state index contributed by atoms with van der Waals surface area (Å²) in [6, 6.07) is 47.3. The van der Waals surface area contributed by atoms with Crippen molar-refractivity contribution in [3.8, 4) is 52.8 Å². The molecule has 3 aromatic heterocycles. The van der Waals surface area contributed by atoms with Crippen molar-refractivity contribution in [2.45, 2.75) is 99.0 Å². The fourth-order valence-corrected chi connectivity index (χ4v) is 11.5. The molecule has 93 heavy (non-hydrogen) atoms. The van der Waals surface area contributed by atoms with E-state index in [0.717, 1.165) is 94.6 Å². The van der Waals surface area contributed by atoms with Gasteiger partial charge in [0.25, 0.3) is 0 Å². The number of fused-ring (bicyclic) bond motifs is 9. The number of aliphatic imine (C=N–C) groups is 3. The van der Waals surface area contributed by atoms with Crippen molar-refractivity contribution in [2.75, 3.05) is 19.8 Å². The standard InChI is InChI=1S/C26H27N3O2Si.C23H19N3O2.C21H18BrN3O2.C5H10Si/c1-6-31-26(30)24-25-18(2)28-23(20-10-8-7-9-11-20)21-16-19(14-15-32(3,4)5)12-13-22(21)29(25)17-27-24;1-4-16-11-12-19-18(13-16)20(17-9-7-6-8-10-17)25-15(3)22-21(23(27)28-5-2)24-14-26(19)22;1-3-27-21(26)19-20-13(2)24-18(14-7-5-4-6-8-14)16-11-15(22)9-10-17(16)25(20)12-23-19;1-5-6(2,3)4/h7-13,16-18H,6H2,1-5H3;1,6-15H,5H2,2-3H3;4-13H,3H2,1-2H3;1H,2-4H3/t18-;15-;13-;/m000./s1. The van der Waals surface area contributed by atoms with E-state index in [9.17, 15) is 14.4 Å². The number of halogens is 1. The molecule has 0 saturated heterocycles. The fourth-order valence-electron chi connectivity index (χ4n) is 10.6. The van der Waals surface area contributed by atoms with E-state index in [4.69, 9.17) is 42.0 Å². The number of rotatable bonds is 9. The van der Waals surface area contributed by atoms with Gasteiger partial charge in [0, 0.05) is 49.0 Å². The van der Waals surface area contributed by atoms with Gasteiger partial charge in [0.15, 0.2) is 17.1 Å². The minimum absolute atomic E-state index is 0.256. The number of carbonyl (C=O) groups is 3. The second-order valence-electron chi connectivity index (χ2n) is 23.9. The van der Waals surface area contributed by atoms with Crippen molar-refractivity contribution in [2.24, 2.45) is 15.0 Å². The second-order valence-corrected chi connectivity index (χ2v) is 34.4. The summed E-state index contributed by atoms with van der Waals surface area (Å²) in [6.07, 6.45) is 15.8. The predicted molar refractivity (Wildman–Crippen MR) is 378 cm³/mol. The van der Waals surface area contributed by atoms with Gasteiger partial charge in [-0.15, -0.1) is 23.9 Å².